The fourth-order valence-electron chi connectivity index (χ4n) is 0.905. The van der Waals surface area contributed by atoms with Gasteiger partial charge in [0.15, 0.2) is 11.8 Å². The van der Waals surface area contributed by atoms with Gasteiger partial charge in [0.2, 0.25) is 12.1 Å². The average molecular weight is 377 g/mol. The summed E-state index contributed by atoms with van der Waals surface area (Å²) in [5, 5.41) is 26.0. The van der Waals surface area contributed by atoms with Crippen LogP contribution in [0.1, 0.15) is 0 Å². The largest absolute Gasteiger partial charge is 0.479 e. The molecular weight excluding hydrogens is 358 g/mol. The Hall–Kier alpha value is -0.830. The fraction of sp³-hybridized carbons (Fsp3) is 0.500. The summed E-state index contributed by atoms with van der Waals surface area (Å²) in [4.78, 5) is 13.8. The van der Waals surface area contributed by atoms with E-state index in [0.29, 0.717) is 4.48 Å². The Labute approximate surface area is 143 Å². The molecule has 0 spiro atoms. The molecule has 1 heterocycles. The number of hydrogen-bond acceptors (Lipinski definition) is 5. The quantitative estimate of drug-likeness (QED) is 0.409. The number of hydrogen-bond donors (Lipinski definition) is 3. The molecular formula is C12H18Cl3N2O5+. The molecule has 1 unspecified atom stereocenters. The smallest absolute Gasteiger partial charge is 0.341 e. The summed E-state index contributed by atoms with van der Waals surface area (Å²) in [6.07, 6.45) is -0.657. The number of aliphatic hydroxyl groups is 2. The first kappa shape index (κ1) is 21.2. The lowest BCUT2D eigenvalue weighted by Gasteiger charge is -2.28. The molecule has 0 aliphatic heterocycles. The van der Waals surface area contributed by atoms with Crippen molar-refractivity contribution in [1.29, 1.82) is 0 Å². The maximum absolute atomic E-state index is 10.2. The van der Waals surface area contributed by atoms with Gasteiger partial charge in [-0.05, 0) is 6.07 Å². The molecule has 0 aliphatic carbocycles. The second-order valence-corrected chi connectivity index (χ2v) is 6.18. The number of pyridine rings is 1. The van der Waals surface area contributed by atoms with Gasteiger partial charge >= 0.3 is 5.97 Å². The maximum atomic E-state index is 10.2. The first-order valence-electron chi connectivity index (χ1n) is 5.95. The number of aliphatic hydroxyl groups excluding tert-OH is 2. The molecule has 0 radical (unpaired) electrons. The van der Waals surface area contributed by atoms with Crippen LogP contribution in [0.25, 0.3) is 0 Å². The molecule has 1 atom stereocenters. The predicted molar refractivity (Wildman–Crippen MR) is 83.5 cm³/mol. The van der Waals surface area contributed by atoms with E-state index in [-0.39, 0.29) is 27.7 Å². The van der Waals surface area contributed by atoms with Crippen molar-refractivity contribution in [1.82, 2.24) is 4.98 Å². The monoisotopic (exact) mass is 375 g/mol. The molecule has 7 nitrogen and oxygen atoms in total. The molecule has 126 valence electrons. The molecule has 1 aromatic heterocycles. The predicted octanol–water partition coefficient (Wildman–Crippen LogP) is 1.51. The molecule has 22 heavy (non-hydrogen) atoms. The van der Waals surface area contributed by atoms with Crippen LogP contribution in [0.3, 0.4) is 0 Å². The van der Waals surface area contributed by atoms with Crippen LogP contribution in [0.4, 0.5) is 0 Å². The molecule has 0 saturated carbocycles. The van der Waals surface area contributed by atoms with Crippen LogP contribution < -0.4 is 4.74 Å². The van der Waals surface area contributed by atoms with Gasteiger partial charge in [-0.1, -0.05) is 34.8 Å². The van der Waals surface area contributed by atoms with Crippen molar-refractivity contribution in [2.75, 3.05) is 34.4 Å². The summed E-state index contributed by atoms with van der Waals surface area (Å²) in [7, 11) is 5.46. The number of ether oxygens (including phenoxy) is 1. The summed E-state index contributed by atoms with van der Waals surface area (Å²) < 4.78 is 5.13. The summed E-state index contributed by atoms with van der Waals surface area (Å²) >= 11 is 16.8. The minimum Gasteiger partial charge on any atom is -0.479 e. The van der Waals surface area contributed by atoms with Crippen molar-refractivity contribution in [2.45, 2.75) is 6.23 Å². The highest BCUT2D eigenvalue weighted by molar-refractivity contribution is 6.42. The Morgan fingerprint density at radius 1 is 1.32 bits per heavy atom. The highest BCUT2D eigenvalue weighted by atomic mass is 35.5. The summed E-state index contributed by atoms with van der Waals surface area (Å²) in [5.74, 6) is -1.18. The van der Waals surface area contributed by atoms with E-state index >= 15 is 0 Å². The van der Waals surface area contributed by atoms with Gasteiger partial charge in [-0.3, -0.25) is 0 Å². The molecule has 10 heteroatoms. The van der Waals surface area contributed by atoms with Gasteiger partial charge in [0, 0.05) is 0 Å². The van der Waals surface area contributed by atoms with Gasteiger partial charge in [0.1, 0.15) is 11.6 Å². The molecule has 3 N–H and O–H groups in total. The van der Waals surface area contributed by atoms with Crippen molar-refractivity contribution in [3.8, 4) is 5.88 Å². The zero-order valence-electron chi connectivity index (χ0n) is 12.3. The Morgan fingerprint density at radius 2 is 1.86 bits per heavy atom. The fourth-order valence-corrected chi connectivity index (χ4v) is 1.45. The zero-order chi connectivity index (χ0) is 17.5. The molecule has 0 saturated heterocycles. The molecule has 0 fully saturated rings. The highest BCUT2D eigenvalue weighted by Gasteiger charge is 2.17. The summed E-state index contributed by atoms with van der Waals surface area (Å²) in [6, 6.07) is 1.33. The Bertz CT molecular complexity index is 508. The molecule has 0 aromatic carbocycles. The van der Waals surface area contributed by atoms with E-state index in [0.717, 1.165) is 0 Å². The summed E-state index contributed by atoms with van der Waals surface area (Å²) in [6.45, 7) is -0.714. The average Bonchev–Trinajstić information content (AvgIpc) is 2.40. The third kappa shape index (κ3) is 7.98. The van der Waals surface area contributed by atoms with Crippen molar-refractivity contribution in [2.24, 2.45) is 0 Å². The van der Waals surface area contributed by atoms with Crippen LogP contribution in [0, 0.1) is 0 Å². The third-order valence-electron chi connectivity index (χ3n) is 2.24. The van der Waals surface area contributed by atoms with Gasteiger partial charge in [-0.25, -0.2) is 4.79 Å². The number of halogens is 3. The second kappa shape index (κ2) is 9.34. The minimum absolute atomic E-state index is 0.0106. The van der Waals surface area contributed by atoms with Gasteiger partial charge < -0.3 is 24.5 Å². The lowest BCUT2D eigenvalue weighted by molar-refractivity contribution is -0.919. The topological polar surface area (TPSA) is 99.9 Å². The van der Waals surface area contributed by atoms with E-state index < -0.39 is 18.8 Å². The van der Waals surface area contributed by atoms with Crippen molar-refractivity contribution in [3.05, 3.63) is 21.3 Å². The zero-order valence-corrected chi connectivity index (χ0v) is 14.5. The van der Waals surface area contributed by atoms with Gasteiger partial charge in [-0.15, -0.1) is 0 Å². The number of aliphatic carboxylic acids is 1. The summed E-state index contributed by atoms with van der Waals surface area (Å²) in [5.41, 5.74) is 0. The van der Waals surface area contributed by atoms with Crippen LogP contribution in [0.2, 0.25) is 15.2 Å². The maximum Gasteiger partial charge on any atom is 0.341 e. The van der Waals surface area contributed by atoms with Crippen molar-refractivity contribution in [3.63, 3.8) is 0 Å². The van der Waals surface area contributed by atoms with Crippen molar-refractivity contribution < 1.29 is 29.3 Å². The second-order valence-electron chi connectivity index (χ2n) is 5.01. The van der Waals surface area contributed by atoms with E-state index in [2.05, 4.69) is 4.98 Å². The number of nitrogens with zero attached hydrogens (tertiary/aromatic N) is 2. The molecule has 0 aliphatic rings. The minimum atomic E-state index is -1.13. The Morgan fingerprint density at radius 3 is 2.23 bits per heavy atom. The van der Waals surface area contributed by atoms with Gasteiger partial charge in [0.05, 0.1) is 26.2 Å². The lowest BCUT2D eigenvalue weighted by atomic mass is 10.5. The number of carbonyl (C=O) groups is 1. The van der Waals surface area contributed by atoms with E-state index in [9.17, 15) is 4.79 Å². The normalized spacial score (nSPS) is 12.2. The van der Waals surface area contributed by atoms with Crippen LogP contribution >= 0.6 is 34.8 Å². The van der Waals surface area contributed by atoms with Gasteiger partial charge in [0.25, 0.3) is 0 Å². The van der Waals surface area contributed by atoms with Crippen LogP contribution in [0.5, 0.6) is 5.88 Å². The lowest BCUT2D eigenvalue weighted by Crippen LogP contribution is -2.47. The van der Waals surface area contributed by atoms with E-state index in [1.165, 1.54) is 6.07 Å². The Balaban J connectivity index is 0.000000472. The first-order chi connectivity index (χ1) is 9.98. The first-order valence-corrected chi connectivity index (χ1v) is 7.08. The number of likely N-dealkylation sites (N-methyl/N-ethyl adjacent to an activating group) is 1. The van der Waals surface area contributed by atoms with Crippen molar-refractivity contribution >= 4 is 40.8 Å². The number of quaternary nitrogens is 1. The van der Waals surface area contributed by atoms with E-state index in [1.54, 1.807) is 0 Å². The van der Waals surface area contributed by atoms with Crippen LogP contribution in [-0.2, 0) is 4.79 Å². The number of carboxylic acid groups (broad SMARTS) is 1. The van der Waals surface area contributed by atoms with Crippen LogP contribution in [-0.4, -0.2) is 71.3 Å². The molecule has 0 bridgehead atoms. The Kier molecular flexibility index (Phi) is 8.99. The molecule has 0 amide bonds. The third-order valence-corrected chi connectivity index (χ3v) is 3.19. The van der Waals surface area contributed by atoms with E-state index in [1.807, 2.05) is 21.1 Å². The number of aromatic nitrogens is 1. The molecule has 1 rings (SSSR count). The van der Waals surface area contributed by atoms with E-state index in [4.69, 9.17) is 54.9 Å². The number of carboxylic acids is 1. The molecule has 1 aromatic rings. The standard InChI is InChI=1S/C7H4Cl3NO3.C5H14NO2/c8-3-1-4(9)7(11-6(3)10)14-2-5(12)13;1-6(2,3)5(8)4-7/h1H,2H2,(H,12,13);5,7-8H,4H2,1-3H3/q;+1. The van der Waals surface area contributed by atoms with Crippen LogP contribution in [0.15, 0.2) is 6.07 Å². The highest BCUT2D eigenvalue weighted by Crippen LogP contribution is 2.30. The SMILES string of the molecule is C[N+](C)(C)C(O)CO.O=C(O)COc1nc(Cl)c(Cl)cc1Cl. The number of rotatable bonds is 5. The van der Waals surface area contributed by atoms with Gasteiger partial charge in [-0.2, -0.15) is 4.98 Å².